The Bertz CT molecular complexity index is 3250. The van der Waals surface area contributed by atoms with E-state index in [2.05, 4.69) is 107 Å². The molecule has 4 saturated heterocycles. The molecule has 0 radical (unpaired) electrons. The first-order chi connectivity index (χ1) is 36.4. The third-order valence-electron chi connectivity index (χ3n) is 14.5. The average molecular weight is 1140 g/mol. The zero-order valence-electron chi connectivity index (χ0n) is 42.6. The van der Waals surface area contributed by atoms with Crippen LogP contribution < -0.4 is 0 Å². The number of hydrogen-bond donors (Lipinski definition) is 1. The molecule has 7 heterocycles. The van der Waals surface area contributed by atoms with Gasteiger partial charge in [-0.3, -0.25) is 14.6 Å². The standard InChI is InChI=1S/C24H27ClN2O3.C20H19BrClNO2.C15H17ClN2O2/c1-24(29-13-14-30-24)23-20-15-19(25)7-8-21(20)27(16-18-5-3-2-4-6-18)22(23)17-26-9-11-28-12-10-26;1-20(24-9-10-25-20)19-16-11-15(22)7-8-17(16)23(18(19)12-21)13-14-5-3-2-4-6-14;1-10(19)15-12-8-11(16)2-3-13(12)17-14(15)9-18-4-6-20-7-5-18/h2-8,15H,9-14,16-17H2,1H3;2-8,11H,9-10,12-13H2,1H3;2-3,8,17H,4-7,9H2,1H3. The summed E-state index contributed by atoms with van der Waals surface area (Å²) in [6.45, 7) is 17.8. The van der Waals surface area contributed by atoms with Crippen LogP contribution in [-0.4, -0.2) is 109 Å². The molecule has 12 nitrogen and oxygen atoms in total. The summed E-state index contributed by atoms with van der Waals surface area (Å²) in [5, 5.41) is 5.90. The number of halogens is 4. The topological polar surface area (TPSA) is 105 Å². The summed E-state index contributed by atoms with van der Waals surface area (Å²) >= 11 is 22.5. The Hall–Kier alpha value is -4.58. The van der Waals surface area contributed by atoms with Crippen molar-refractivity contribution in [1.29, 1.82) is 0 Å². The fourth-order valence-electron chi connectivity index (χ4n) is 11.0. The van der Waals surface area contributed by atoms with Gasteiger partial charge in [-0.05, 0) is 86.5 Å². The van der Waals surface area contributed by atoms with E-state index in [4.69, 9.17) is 63.2 Å². The highest BCUT2D eigenvalue weighted by molar-refractivity contribution is 9.08. The normalized spacial score (nSPS) is 17.8. The van der Waals surface area contributed by atoms with Gasteiger partial charge in [-0.1, -0.05) is 111 Å². The van der Waals surface area contributed by atoms with Crippen molar-refractivity contribution >= 4 is 89.2 Å². The Labute approximate surface area is 461 Å². The number of nitrogens with one attached hydrogen (secondary N) is 1. The number of alkyl halides is 1. The number of morpholine rings is 2. The molecule has 4 aliphatic heterocycles. The van der Waals surface area contributed by atoms with Gasteiger partial charge in [-0.15, -0.1) is 0 Å². The molecule has 5 aromatic carbocycles. The number of hydrogen-bond acceptors (Lipinski definition) is 9. The molecule has 0 amide bonds. The maximum absolute atomic E-state index is 12.0. The maximum Gasteiger partial charge on any atom is 0.194 e. The zero-order chi connectivity index (χ0) is 52.1. The van der Waals surface area contributed by atoms with Crippen LogP contribution in [0.1, 0.15) is 70.5 Å². The van der Waals surface area contributed by atoms with Crippen molar-refractivity contribution in [2.24, 2.45) is 0 Å². The van der Waals surface area contributed by atoms with E-state index in [1.54, 1.807) is 6.92 Å². The van der Waals surface area contributed by atoms with E-state index >= 15 is 0 Å². The van der Waals surface area contributed by atoms with Crippen molar-refractivity contribution in [3.63, 3.8) is 0 Å². The predicted octanol–water partition coefficient (Wildman–Crippen LogP) is 12.7. The van der Waals surface area contributed by atoms with Crippen LogP contribution in [0, 0.1) is 0 Å². The van der Waals surface area contributed by atoms with E-state index in [1.165, 1.54) is 16.8 Å². The van der Waals surface area contributed by atoms with Crippen LogP contribution in [0.4, 0.5) is 0 Å². The van der Waals surface area contributed by atoms with E-state index in [0.29, 0.717) is 41.8 Å². The highest BCUT2D eigenvalue weighted by Gasteiger charge is 2.41. The summed E-state index contributed by atoms with van der Waals surface area (Å²) in [5.74, 6) is -1.44. The lowest BCUT2D eigenvalue weighted by Crippen LogP contribution is -2.37. The SMILES string of the molecule is CC(=O)c1c(CN2CCOCC2)[nH]c2ccc(Cl)cc12.CC1(c2c(CBr)n(Cc3ccccc3)c3ccc(Cl)cc23)OCCO1.CC1(c2c(CN3CCOCC3)n(Cc3ccccc3)c3ccc(Cl)cc23)OCCO1. The monoisotopic (exact) mass is 1140 g/mol. The van der Waals surface area contributed by atoms with Crippen LogP contribution in [0.5, 0.6) is 0 Å². The molecule has 1 N–H and O–H groups in total. The number of ketones is 1. The minimum Gasteiger partial charge on any atom is -0.379 e. The number of ether oxygens (including phenoxy) is 6. The second-order valence-electron chi connectivity index (χ2n) is 19.5. The van der Waals surface area contributed by atoms with Gasteiger partial charge in [-0.25, -0.2) is 0 Å². The number of Topliss-reactive ketones (excluding diaryl/α,β-unsaturated/α-hetero) is 1. The third-order valence-corrected chi connectivity index (χ3v) is 15.7. The van der Waals surface area contributed by atoms with Crippen LogP contribution in [0.2, 0.25) is 15.1 Å². The molecule has 0 atom stereocenters. The second-order valence-corrected chi connectivity index (χ2v) is 21.4. The van der Waals surface area contributed by atoms with Gasteiger partial charge in [0.25, 0.3) is 0 Å². The van der Waals surface area contributed by atoms with Crippen molar-refractivity contribution < 1.29 is 33.2 Å². The minimum atomic E-state index is -0.771. The predicted molar refractivity (Wildman–Crippen MR) is 302 cm³/mol. The quantitative estimate of drug-likeness (QED) is 0.0946. The molecule has 12 rings (SSSR count). The number of fused-ring (bicyclic) bond motifs is 3. The molecule has 0 spiro atoms. The maximum atomic E-state index is 12.0. The van der Waals surface area contributed by atoms with Crippen molar-refractivity contribution in [3.8, 4) is 0 Å². The summed E-state index contributed by atoms with van der Waals surface area (Å²) in [4.78, 5) is 20.1. The lowest BCUT2D eigenvalue weighted by atomic mass is 10.0. The van der Waals surface area contributed by atoms with Gasteiger partial charge >= 0.3 is 0 Å². The second kappa shape index (κ2) is 24.0. The Balaban J connectivity index is 0.000000131. The first kappa shape index (κ1) is 53.8. The molecule has 8 aromatic rings. The number of aromatic nitrogens is 3. The minimum absolute atomic E-state index is 0.0711. The van der Waals surface area contributed by atoms with Crippen molar-refractivity contribution in [1.82, 2.24) is 23.9 Å². The molecule has 75 heavy (non-hydrogen) atoms. The van der Waals surface area contributed by atoms with Crippen LogP contribution >= 0.6 is 50.7 Å². The van der Waals surface area contributed by atoms with Gasteiger partial charge in [0.05, 0.1) is 52.9 Å². The molecule has 394 valence electrons. The zero-order valence-corrected chi connectivity index (χ0v) is 46.5. The van der Waals surface area contributed by atoms with Crippen molar-refractivity contribution in [2.75, 3.05) is 79.0 Å². The average Bonchev–Trinajstić information content (AvgIpc) is 4.28. The van der Waals surface area contributed by atoms with Gasteiger partial charge < -0.3 is 42.5 Å². The van der Waals surface area contributed by atoms with E-state index in [9.17, 15) is 4.79 Å². The Morgan fingerprint density at radius 2 is 0.973 bits per heavy atom. The van der Waals surface area contributed by atoms with E-state index in [1.807, 2.05) is 62.4 Å². The van der Waals surface area contributed by atoms with E-state index in [0.717, 1.165) is 145 Å². The number of carbonyl (C=O) groups is 1. The van der Waals surface area contributed by atoms with Crippen LogP contribution in [0.3, 0.4) is 0 Å². The molecule has 0 aliphatic carbocycles. The smallest absolute Gasteiger partial charge is 0.194 e. The molecule has 0 saturated carbocycles. The number of carbonyl (C=O) groups excluding carboxylic acids is 1. The summed E-state index contributed by atoms with van der Waals surface area (Å²) in [5.41, 5.74) is 12.0. The van der Waals surface area contributed by atoms with Gasteiger partial charge in [0, 0.05) is 139 Å². The molecule has 16 heteroatoms. The molecule has 3 aromatic heterocycles. The van der Waals surface area contributed by atoms with Crippen LogP contribution in [0.25, 0.3) is 32.7 Å². The van der Waals surface area contributed by atoms with Crippen molar-refractivity contribution in [2.45, 2.75) is 63.9 Å². The molecule has 0 bridgehead atoms. The van der Waals surface area contributed by atoms with Crippen molar-refractivity contribution in [3.05, 3.63) is 175 Å². The first-order valence-electron chi connectivity index (χ1n) is 25.6. The van der Waals surface area contributed by atoms with Gasteiger partial charge in [-0.2, -0.15) is 0 Å². The molecular weight excluding hydrogens is 1080 g/mol. The summed E-state index contributed by atoms with van der Waals surface area (Å²) in [6.07, 6.45) is 0. The lowest BCUT2D eigenvalue weighted by Gasteiger charge is -2.30. The Morgan fingerprint density at radius 3 is 1.44 bits per heavy atom. The molecule has 0 unspecified atom stereocenters. The highest BCUT2D eigenvalue weighted by atomic mass is 79.9. The Kier molecular flexibility index (Phi) is 17.2. The van der Waals surface area contributed by atoms with Crippen LogP contribution in [0.15, 0.2) is 115 Å². The number of aromatic amines is 1. The summed E-state index contributed by atoms with van der Waals surface area (Å²) in [6, 6.07) is 38.8. The first-order valence-corrected chi connectivity index (χ1v) is 27.9. The summed E-state index contributed by atoms with van der Waals surface area (Å²) in [7, 11) is 0. The van der Waals surface area contributed by atoms with Gasteiger partial charge in [0.15, 0.2) is 17.4 Å². The fraction of sp³-hybridized carbons (Fsp3) is 0.373. The van der Waals surface area contributed by atoms with Crippen LogP contribution in [-0.2, 0) is 71.5 Å². The number of H-pyrrole nitrogens is 1. The molecule has 4 fully saturated rings. The lowest BCUT2D eigenvalue weighted by molar-refractivity contribution is -0.149. The Morgan fingerprint density at radius 1 is 0.547 bits per heavy atom. The number of nitrogens with zero attached hydrogens (tertiary/aromatic N) is 4. The largest absolute Gasteiger partial charge is 0.379 e. The number of rotatable bonds is 12. The number of benzene rings is 5. The summed E-state index contributed by atoms with van der Waals surface area (Å²) < 4.78 is 39.9. The van der Waals surface area contributed by atoms with E-state index in [-0.39, 0.29) is 5.78 Å². The van der Waals surface area contributed by atoms with E-state index < -0.39 is 11.6 Å². The van der Waals surface area contributed by atoms with Gasteiger partial charge in [0.1, 0.15) is 0 Å². The third kappa shape index (κ3) is 12.0. The van der Waals surface area contributed by atoms with Gasteiger partial charge in [0.2, 0.25) is 0 Å². The molecular formula is C59H63BrCl3N5O7. The fourth-order valence-corrected chi connectivity index (χ4v) is 12.1. The molecule has 4 aliphatic rings. The highest BCUT2D eigenvalue weighted by Crippen LogP contribution is 2.43.